The standard InChI is InChI=1S/C23H23FN4O/c1-15-12-18(24)2-3-19(15)21-5-4-20(25)22(27-21)13-23(29)28-11-8-17(14-28)16-6-9-26-10-7-16/h2-7,9-10,12,17H,8,11,13-14,25H2,1H3. The summed E-state index contributed by atoms with van der Waals surface area (Å²) < 4.78 is 13.4. The summed E-state index contributed by atoms with van der Waals surface area (Å²) in [6, 6.07) is 12.2. The lowest BCUT2D eigenvalue weighted by Gasteiger charge is -2.17. The van der Waals surface area contributed by atoms with Gasteiger partial charge in [0.1, 0.15) is 5.82 Å². The average molecular weight is 390 g/mol. The zero-order valence-corrected chi connectivity index (χ0v) is 16.3. The molecule has 1 saturated heterocycles. The molecule has 1 aromatic carbocycles. The van der Waals surface area contributed by atoms with Gasteiger partial charge < -0.3 is 10.6 Å². The van der Waals surface area contributed by atoms with Crippen LogP contribution in [-0.2, 0) is 11.2 Å². The van der Waals surface area contributed by atoms with E-state index < -0.39 is 0 Å². The Bertz CT molecular complexity index is 1040. The second kappa shape index (κ2) is 7.99. The molecule has 6 heteroatoms. The Labute approximate surface area is 169 Å². The predicted molar refractivity (Wildman–Crippen MR) is 111 cm³/mol. The van der Waals surface area contributed by atoms with Crippen LogP contribution in [0.1, 0.15) is 29.2 Å². The van der Waals surface area contributed by atoms with Crippen LogP contribution in [-0.4, -0.2) is 33.9 Å². The van der Waals surface area contributed by atoms with Gasteiger partial charge in [-0.2, -0.15) is 0 Å². The molecule has 5 nitrogen and oxygen atoms in total. The molecule has 0 spiro atoms. The molecule has 1 amide bonds. The third-order valence-electron chi connectivity index (χ3n) is 5.51. The van der Waals surface area contributed by atoms with Crippen LogP contribution in [0.3, 0.4) is 0 Å². The van der Waals surface area contributed by atoms with E-state index in [0.717, 1.165) is 24.1 Å². The van der Waals surface area contributed by atoms with Crippen LogP contribution in [0.5, 0.6) is 0 Å². The summed E-state index contributed by atoms with van der Waals surface area (Å²) in [6.45, 7) is 3.26. The highest BCUT2D eigenvalue weighted by molar-refractivity contribution is 5.80. The van der Waals surface area contributed by atoms with Crippen molar-refractivity contribution in [1.29, 1.82) is 0 Å². The molecule has 0 bridgehead atoms. The SMILES string of the molecule is Cc1cc(F)ccc1-c1ccc(N)c(CC(=O)N2CCC(c3ccncc3)C2)n1. The fraction of sp³-hybridized carbons (Fsp3) is 0.261. The van der Waals surface area contributed by atoms with Crippen LogP contribution in [0.15, 0.2) is 54.9 Å². The van der Waals surface area contributed by atoms with Crippen molar-refractivity contribution in [3.05, 3.63) is 77.5 Å². The van der Waals surface area contributed by atoms with Gasteiger partial charge in [-0.25, -0.2) is 4.39 Å². The Hall–Kier alpha value is -3.28. The molecule has 148 valence electrons. The number of carbonyl (C=O) groups excluding carboxylic acids is 1. The van der Waals surface area contributed by atoms with Gasteiger partial charge in [-0.1, -0.05) is 0 Å². The molecule has 0 aliphatic carbocycles. The van der Waals surface area contributed by atoms with Crippen molar-refractivity contribution in [2.45, 2.75) is 25.7 Å². The van der Waals surface area contributed by atoms with Crippen molar-refractivity contribution < 1.29 is 9.18 Å². The monoisotopic (exact) mass is 390 g/mol. The van der Waals surface area contributed by atoms with E-state index in [-0.39, 0.29) is 18.1 Å². The number of likely N-dealkylation sites (tertiary alicyclic amines) is 1. The number of nitrogens with two attached hydrogens (primary N) is 1. The minimum atomic E-state index is -0.283. The maximum Gasteiger partial charge on any atom is 0.228 e. The fourth-order valence-electron chi connectivity index (χ4n) is 3.87. The molecule has 1 aliphatic heterocycles. The Morgan fingerprint density at radius 3 is 2.76 bits per heavy atom. The van der Waals surface area contributed by atoms with E-state index in [0.29, 0.717) is 29.5 Å². The fourth-order valence-corrected chi connectivity index (χ4v) is 3.87. The van der Waals surface area contributed by atoms with Crippen molar-refractivity contribution in [3.8, 4) is 11.3 Å². The second-order valence-corrected chi connectivity index (χ2v) is 7.47. The third-order valence-corrected chi connectivity index (χ3v) is 5.51. The predicted octanol–water partition coefficient (Wildman–Crippen LogP) is 3.73. The number of pyridine rings is 2. The van der Waals surface area contributed by atoms with Crippen molar-refractivity contribution >= 4 is 11.6 Å². The Kier molecular flexibility index (Phi) is 5.25. The number of rotatable bonds is 4. The maximum atomic E-state index is 13.4. The molecular weight excluding hydrogens is 367 g/mol. The largest absolute Gasteiger partial charge is 0.397 e. The summed E-state index contributed by atoms with van der Waals surface area (Å²) in [7, 11) is 0. The number of hydrogen-bond donors (Lipinski definition) is 1. The average Bonchev–Trinajstić information content (AvgIpc) is 3.21. The highest BCUT2D eigenvalue weighted by atomic mass is 19.1. The lowest BCUT2D eigenvalue weighted by Crippen LogP contribution is -2.30. The third kappa shape index (κ3) is 4.11. The van der Waals surface area contributed by atoms with Crippen LogP contribution in [0.4, 0.5) is 10.1 Å². The number of aromatic nitrogens is 2. The van der Waals surface area contributed by atoms with E-state index in [9.17, 15) is 9.18 Å². The molecule has 0 saturated carbocycles. The number of nitrogen functional groups attached to an aromatic ring is 1. The number of halogens is 1. The number of benzene rings is 1. The Morgan fingerprint density at radius 1 is 1.21 bits per heavy atom. The zero-order chi connectivity index (χ0) is 20.4. The summed E-state index contributed by atoms with van der Waals surface area (Å²) in [5.74, 6) is 0.0732. The molecule has 1 unspecified atom stereocenters. The zero-order valence-electron chi connectivity index (χ0n) is 16.3. The van der Waals surface area contributed by atoms with Crippen LogP contribution < -0.4 is 5.73 Å². The minimum Gasteiger partial charge on any atom is -0.397 e. The molecule has 1 fully saturated rings. The van der Waals surface area contributed by atoms with Gasteiger partial charge in [0, 0.05) is 37.0 Å². The van der Waals surface area contributed by atoms with Gasteiger partial charge in [-0.3, -0.25) is 14.8 Å². The van der Waals surface area contributed by atoms with Gasteiger partial charge >= 0.3 is 0 Å². The number of hydrogen-bond acceptors (Lipinski definition) is 4. The number of nitrogens with zero attached hydrogens (tertiary/aromatic N) is 3. The summed E-state index contributed by atoms with van der Waals surface area (Å²) in [6.07, 6.45) is 4.66. The van der Waals surface area contributed by atoms with E-state index in [4.69, 9.17) is 5.73 Å². The first-order chi connectivity index (χ1) is 14.0. The minimum absolute atomic E-state index is 0.0220. The van der Waals surface area contributed by atoms with Crippen LogP contribution >= 0.6 is 0 Å². The van der Waals surface area contributed by atoms with Gasteiger partial charge in [-0.15, -0.1) is 0 Å². The summed E-state index contributed by atoms with van der Waals surface area (Å²) >= 11 is 0. The first-order valence-corrected chi connectivity index (χ1v) is 9.71. The molecule has 1 aliphatic rings. The van der Waals surface area contributed by atoms with Crippen molar-refractivity contribution in [2.75, 3.05) is 18.8 Å². The van der Waals surface area contributed by atoms with E-state index in [1.807, 2.05) is 24.0 Å². The van der Waals surface area contributed by atoms with Gasteiger partial charge in [0.05, 0.1) is 23.5 Å². The molecule has 0 radical (unpaired) electrons. The Balaban J connectivity index is 1.50. The number of amides is 1. The topological polar surface area (TPSA) is 72.1 Å². The molecule has 2 N–H and O–H groups in total. The Morgan fingerprint density at radius 2 is 2.00 bits per heavy atom. The van der Waals surface area contributed by atoms with Crippen molar-refractivity contribution in [3.63, 3.8) is 0 Å². The lowest BCUT2D eigenvalue weighted by molar-refractivity contribution is -0.129. The molecule has 1 atom stereocenters. The molecule has 29 heavy (non-hydrogen) atoms. The van der Waals surface area contributed by atoms with Crippen molar-refractivity contribution in [2.24, 2.45) is 0 Å². The highest BCUT2D eigenvalue weighted by Crippen LogP contribution is 2.28. The molecule has 4 rings (SSSR count). The summed E-state index contributed by atoms with van der Waals surface area (Å²) in [4.78, 5) is 23.4. The summed E-state index contributed by atoms with van der Waals surface area (Å²) in [5.41, 5.74) is 10.7. The summed E-state index contributed by atoms with van der Waals surface area (Å²) in [5, 5.41) is 0. The van der Waals surface area contributed by atoms with Gasteiger partial charge in [0.25, 0.3) is 0 Å². The van der Waals surface area contributed by atoms with Crippen molar-refractivity contribution in [1.82, 2.24) is 14.9 Å². The quantitative estimate of drug-likeness (QED) is 0.737. The van der Waals surface area contributed by atoms with Gasteiger partial charge in [-0.05, 0) is 66.9 Å². The lowest BCUT2D eigenvalue weighted by atomic mass is 10.00. The maximum absolute atomic E-state index is 13.4. The first-order valence-electron chi connectivity index (χ1n) is 9.71. The normalized spacial score (nSPS) is 16.2. The number of anilines is 1. The van der Waals surface area contributed by atoms with Crippen LogP contribution in [0.2, 0.25) is 0 Å². The second-order valence-electron chi connectivity index (χ2n) is 7.47. The number of carbonyl (C=O) groups is 1. The van der Waals surface area contributed by atoms with Gasteiger partial charge in [0.2, 0.25) is 5.91 Å². The van der Waals surface area contributed by atoms with Crippen LogP contribution in [0.25, 0.3) is 11.3 Å². The first kappa shape index (κ1) is 19.1. The molecule has 2 aromatic heterocycles. The van der Waals surface area contributed by atoms with E-state index in [1.165, 1.54) is 17.7 Å². The van der Waals surface area contributed by atoms with Crippen LogP contribution in [0, 0.1) is 12.7 Å². The van der Waals surface area contributed by atoms with E-state index >= 15 is 0 Å². The number of aryl methyl sites for hydroxylation is 1. The van der Waals surface area contributed by atoms with E-state index in [2.05, 4.69) is 9.97 Å². The smallest absolute Gasteiger partial charge is 0.228 e. The van der Waals surface area contributed by atoms with Gasteiger partial charge in [0.15, 0.2) is 0 Å². The van der Waals surface area contributed by atoms with E-state index in [1.54, 1.807) is 30.6 Å². The molecular formula is C23H23FN4O. The highest BCUT2D eigenvalue weighted by Gasteiger charge is 2.27. The molecule has 3 heterocycles. The molecule has 3 aromatic rings.